The molecule has 0 aliphatic heterocycles. The predicted molar refractivity (Wildman–Crippen MR) is 119 cm³/mol. The van der Waals surface area contributed by atoms with Gasteiger partial charge >= 0.3 is 18.3 Å². The van der Waals surface area contributed by atoms with E-state index in [4.69, 9.17) is 16.2 Å². The van der Waals surface area contributed by atoms with Crippen LogP contribution in [0.25, 0.3) is 6.08 Å². The van der Waals surface area contributed by atoms with Crippen LogP contribution in [0, 0.1) is 0 Å². The zero-order chi connectivity index (χ0) is 24.9. The molecule has 0 saturated carbocycles. The maximum absolute atomic E-state index is 12.2. The molecular weight excluding hydrogens is 453 g/mol. The number of ether oxygens (including phenoxy) is 2. The molecule has 7 nitrogen and oxygen atoms in total. The number of nitrogens with two attached hydrogens (primary N) is 2. The minimum Gasteiger partial charge on any atom is -0.478 e. The van der Waals surface area contributed by atoms with Gasteiger partial charge in [0.05, 0.1) is 5.56 Å². The number of alkyl halides is 3. The Labute approximate surface area is 192 Å². The van der Waals surface area contributed by atoms with Crippen molar-refractivity contribution < 1.29 is 37.3 Å². The molecule has 34 heavy (non-hydrogen) atoms. The monoisotopic (exact) mass is 472 g/mol. The van der Waals surface area contributed by atoms with Gasteiger partial charge in [-0.2, -0.15) is 0 Å². The molecule has 0 unspecified atom stereocenters. The Morgan fingerprint density at radius 1 is 0.912 bits per heavy atom. The number of carbonyl (C=O) groups excluding carboxylic acids is 1. The lowest BCUT2D eigenvalue weighted by Crippen LogP contribution is -2.17. The van der Waals surface area contributed by atoms with Crippen LogP contribution in [-0.2, 0) is 11.2 Å². The van der Waals surface area contributed by atoms with Gasteiger partial charge in [0.15, 0.2) is 0 Å². The van der Waals surface area contributed by atoms with Crippen LogP contribution >= 0.6 is 0 Å². The third-order valence-electron chi connectivity index (χ3n) is 4.58. The summed E-state index contributed by atoms with van der Waals surface area (Å²) in [4.78, 5) is 23.9. The van der Waals surface area contributed by atoms with Crippen molar-refractivity contribution in [1.82, 2.24) is 0 Å². The van der Waals surface area contributed by atoms with E-state index in [0.717, 1.165) is 24.3 Å². The normalized spacial score (nSPS) is 11.7. The average molecular weight is 472 g/mol. The molecular formula is C24H19F3N2O5. The van der Waals surface area contributed by atoms with E-state index in [1.54, 1.807) is 30.3 Å². The number of esters is 1. The van der Waals surface area contributed by atoms with Gasteiger partial charge in [-0.3, -0.25) is 0 Å². The summed E-state index contributed by atoms with van der Waals surface area (Å²) < 4.78 is 45.6. The molecule has 0 fully saturated rings. The van der Waals surface area contributed by atoms with Gasteiger partial charge in [-0.25, -0.2) is 9.59 Å². The molecule has 0 aromatic heterocycles. The number of anilines is 2. The largest absolute Gasteiger partial charge is 0.573 e. The summed E-state index contributed by atoms with van der Waals surface area (Å²) in [6.07, 6.45) is -3.30. The molecule has 176 valence electrons. The fourth-order valence-corrected chi connectivity index (χ4v) is 2.96. The molecule has 0 saturated heterocycles. The van der Waals surface area contributed by atoms with E-state index in [0.29, 0.717) is 22.5 Å². The third kappa shape index (κ3) is 6.76. The highest BCUT2D eigenvalue weighted by Gasteiger charge is 2.31. The molecule has 3 aromatic carbocycles. The number of carboxylic acids is 1. The van der Waals surface area contributed by atoms with E-state index < -0.39 is 24.1 Å². The molecule has 0 heterocycles. The van der Waals surface area contributed by atoms with Crippen molar-refractivity contribution in [2.45, 2.75) is 12.8 Å². The van der Waals surface area contributed by atoms with Gasteiger partial charge in [0.25, 0.3) is 0 Å². The van der Waals surface area contributed by atoms with Crippen molar-refractivity contribution in [2.75, 3.05) is 11.5 Å². The third-order valence-corrected chi connectivity index (χ3v) is 4.58. The molecule has 0 aliphatic carbocycles. The highest BCUT2D eigenvalue weighted by Crippen LogP contribution is 2.24. The Bertz CT molecular complexity index is 1220. The van der Waals surface area contributed by atoms with Crippen molar-refractivity contribution in [1.29, 1.82) is 0 Å². The SMILES string of the molecule is Nc1ccc(CC(=Cc2ccc(OC(=O)c3ccc(OC(F)(F)F)cc3)cc2)C(=O)O)c(N)c1. The van der Waals surface area contributed by atoms with Crippen LogP contribution in [-0.4, -0.2) is 23.4 Å². The molecule has 0 amide bonds. The minimum atomic E-state index is -4.83. The maximum Gasteiger partial charge on any atom is 0.573 e. The number of aliphatic carboxylic acids is 1. The van der Waals surface area contributed by atoms with Gasteiger partial charge in [0, 0.05) is 23.4 Å². The average Bonchev–Trinajstić information content (AvgIpc) is 2.75. The summed E-state index contributed by atoms with van der Waals surface area (Å²) in [5, 5.41) is 9.55. The zero-order valence-electron chi connectivity index (χ0n) is 17.5. The molecule has 0 radical (unpaired) electrons. The Hall–Kier alpha value is -4.47. The lowest BCUT2D eigenvalue weighted by molar-refractivity contribution is -0.274. The van der Waals surface area contributed by atoms with Crippen LogP contribution < -0.4 is 20.9 Å². The maximum atomic E-state index is 12.2. The molecule has 0 spiro atoms. The Morgan fingerprint density at radius 3 is 2.09 bits per heavy atom. The van der Waals surface area contributed by atoms with Crippen LogP contribution in [0.1, 0.15) is 21.5 Å². The van der Waals surface area contributed by atoms with Crippen LogP contribution in [0.3, 0.4) is 0 Å². The standard InChI is InChI=1S/C24H19F3N2O5/c25-24(26,27)34-20-9-4-15(5-10-20)23(32)33-19-7-1-14(2-8-19)11-17(22(30)31)12-16-3-6-18(28)13-21(16)29/h1-11,13H,12,28-29H2,(H,30,31). The highest BCUT2D eigenvalue weighted by atomic mass is 19.4. The van der Waals surface area contributed by atoms with E-state index >= 15 is 0 Å². The van der Waals surface area contributed by atoms with Gasteiger partial charge in [-0.05, 0) is 65.7 Å². The molecule has 0 bridgehead atoms. The van der Waals surface area contributed by atoms with Gasteiger partial charge in [0.1, 0.15) is 11.5 Å². The first kappa shape index (κ1) is 24.2. The van der Waals surface area contributed by atoms with Gasteiger partial charge in [-0.1, -0.05) is 18.2 Å². The number of carbonyl (C=O) groups is 2. The summed E-state index contributed by atoms with van der Waals surface area (Å²) in [5.41, 5.74) is 13.7. The predicted octanol–water partition coefficient (Wildman–Crippen LogP) is 4.68. The second-order valence-corrected chi connectivity index (χ2v) is 7.14. The lowest BCUT2D eigenvalue weighted by atomic mass is 10.0. The number of rotatable bonds is 7. The van der Waals surface area contributed by atoms with Crippen LogP contribution in [0.15, 0.2) is 72.3 Å². The first-order valence-electron chi connectivity index (χ1n) is 9.76. The Balaban J connectivity index is 1.69. The molecule has 0 atom stereocenters. The highest BCUT2D eigenvalue weighted by molar-refractivity contribution is 5.93. The second-order valence-electron chi connectivity index (χ2n) is 7.14. The van der Waals surface area contributed by atoms with Crippen molar-refractivity contribution >= 4 is 29.4 Å². The van der Waals surface area contributed by atoms with E-state index in [9.17, 15) is 27.9 Å². The summed E-state index contributed by atoms with van der Waals surface area (Å²) >= 11 is 0. The molecule has 3 rings (SSSR count). The minimum absolute atomic E-state index is 0.0211. The van der Waals surface area contributed by atoms with Crippen molar-refractivity contribution in [3.8, 4) is 11.5 Å². The quantitative estimate of drug-likeness (QED) is 0.197. The molecule has 10 heteroatoms. The number of hydrogen-bond donors (Lipinski definition) is 3. The number of hydrogen-bond acceptors (Lipinski definition) is 6. The number of nitrogen functional groups attached to an aromatic ring is 2. The molecule has 0 aliphatic rings. The first-order chi connectivity index (χ1) is 16.0. The Morgan fingerprint density at radius 2 is 1.53 bits per heavy atom. The van der Waals surface area contributed by atoms with E-state index in [-0.39, 0.29) is 23.3 Å². The van der Waals surface area contributed by atoms with Crippen LogP contribution in [0.4, 0.5) is 24.5 Å². The summed E-state index contributed by atoms with van der Waals surface area (Å²) in [7, 11) is 0. The van der Waals surface area contributed by atoms with Gasteiger partial charge in [-0.15, -0.1) is 13.2 Å². The number of carboxylic acid groups (broad SMARTS) is 1. The lowest BCUT2D eigenvalue weighted by Gasteiger charge is -2.09. The van der Waals surface area contributed by atoms with Crippen LogP contribution in [0.5, 0.6) is 11.5 Å². The fraction of sp³-hybridized carbons (Fsp3) is 0.0833. The zero-order valence-corrected chi connectivity index (χ0v) is 17.5. The second kappa shape index (κ2) is 9.99. The number of halogens is 3. The molecule has 5 N–H and O–H groups in total. The van der Waals surface area contributed by atoms with Crippen molar-refractivity contribution in [3.05, 3.63) is 89.0 Å². The fourth-order valence-electron chi connectivity index (χ4n) is 2.96. The van der Waals surface area contributed by atoms with E-state index in [2.05, 4.69) is 4.74 Å². The first-order valence-corrected chi connectivity index (χ1v) is 9.76. The number of benzene rings is 3. The smallest absolute Gasteiger partial charge is 0.478 e. The summed E-state index contributed by atoms with van der Waals surface area (Å²) in [5.74, 6) is -2.20. The van der Waals surface area contributed by atoms with Gasteiger partial charge < -0.3 is 26.0 Å². The van der Waals surface area contributed by atoms with E-state index in [1.807, 2.05) is 0 Å². The van der Waals surface area contributed by atoms with E-state index in [1.165, 1.54) is 18.2 Å². The topological polar surface area (TPSA) is 125 Å². The van der Waals surface area contributed by atoms with Crippen molar-refractivity contribution in [3.63, 3.8) is 0 Å². The summed E-state index contributed by atoms with van der Waals surface area (Å²) in [6, 6.07) is 15.1. The van der Waals surface area contributed by atoms with Gasteiger partial charge in [0.2, 0.25) is 0 Å². The van der Waals surface area contributed by atoms with Crippen molar-refractivity contribution in [2.24, 2.45) is 0 Å². The Kier molecular flexibility index (Phi) is 7.10. The summed E-state index contributed by atoms with van der Waals surface area (Å²) in [6.45, 7) is 0. The molecule has 3 aromatic rings. The van der Waals surface area contributed by atoms with Crippen LogP contribution in [0.2, 0.25) is 0 Å².